The van der Waals surface area contributed by atoms with Gasteiger partial charge >= 0.3 is 11.9 Å². The van der Waals surface area contributed by atoms with E-state index >= 15 is 0 Å². The molecule has 62 heavy (non-hydrogen) atoms. The maximum absolute atomic E-state index is 13.4. The summed E-state index contributed by atoms with van der Waals surface area (Å²) in [7, 11) is 0. The van der Waals surface area contributed by atoms with E-state index < -0.39 is 5.97 Å². The molecular formula is C55H74O7. The number of allylic oxidation sites excluding steroid dienone is 1. The number of rotatable bonds is 18. The lowest BCUT2D eigenvalue weighted by atomic mass is 9.47. The van der Waals surface area contributed by atoms with Crippen molar-refractivity contribution in [3.63, 3.8) is 0 Å². The monoisotopic (exact) mass is 847 g/mol. The minimum atomic E-state index is -0.449. The van der Waals surface area contributed by atoms with Gasteiger partial charge in [-0.15, -0.1) is 0 Å². The lowest BCUT2D eigenvalue weighted by Crippen LogP contribution is -2.51. The fraction of sp³-hybridized carbons (Fsp3) is 0.636. The van der Waals surface area contributed by atoms with Crippen LogP contribution < -0.4 is 9.47 Å². The van der Waals surface area contributed by atoms with Gasteiger partial charge in [0.1, 0.15) is 17.6 Å². The minimum Gasteiger partial charge on any atom is -0.494 e. The summed E-state index contributed by atoms with van der Waals surface area (Å²) in [5, 5.41) is 1.91. The van der Waals surface area contributed by atoms with Crippen LogP contribution in [-0.2, 0) is 14.2 Å². The Bertz CT molecular complexity index is 2040. The Kier molecular flexibility index (Phi) is 13.9. The Morgan fingerprint density at radius 3 is 2.27 bits per heavy atom. The molecule has 5 aliphatic rings. The van der Waals surface area contributed by atoms with Gasteiger partial charge in [-0.05, 0) is 170 Å². The molecule has 8 atom stereocenters. The fourth-order valence-electron chi connectivity index (χ4n) is 12.8. The van der Waals surface area contributed by atoms with E-state index in [1.165, 1.54) is 56.9 Å². The second-order valence-electron chi connectivity index (χ2n) is 21.2. The summed E-state index contributed by atoms with van der Waals surface area (Å²) in [6.07, 6.45) is 19.1. The second-order valence-corrected chi connectivity index (χ2v) is 21.2. The zero-order chi connectivity index (χ0) is 43.5. The second kappa shape index (κ2) is 19.2. The van der Waals surface area contributed by atoms with Crippen LogP contribution in [0.15, 0.2) is 72.3 Å². The first-order valence-corrected chi connectivity index (χ1v) is 24.4. The van der Waals surface area contributed by atoms with Gasteiger partial charge in [-0.25, -0.2) is 9.59 Å². The van der Waals surface area contributed by atoms with Crippen LogP contribution in [0.4, 0.5) is 0 Å². The molecule has 0 amide bonds. The van der Waals surface area contributed by atoms with Crippen molar-refractivity contribution >= 4 is 22.7 Å². The molecule has 7 heteroatoms. The van der Waals surface area contributed by atoms with Crippen molar-refractivity contribution in [3.8, 4) is 11.5 Å². The average Bonchev–Trinajstić information content (AvgIpc) is 3.61. The predicted octanol–water partition coefficient (Wildman–Crippen LogP) is 13.2. The molecule has 0 aromatic heterocycles. The summed E-state index contributed by atoms with van der Waals surface area (Å²) in [6.45, 7) is 18.4. The van der Waals surface area contributed by atoms with Crippen molar-refractivity contribution in [2.45, 2.75) is 138 Å². The Morgan fingerprint density at radius 1 is 0.774 bits per heavy atom. The van der Waals surface area contributed by atoms with Crippen molar-refractivity contribution < 1.29 is 33.3 Å². The highest BCUT2D eigenvalue weighted by atomic mass is 16.5. The Labute approximate surface area is 372 Å². The molecule has 1 saturated heterocycles. The van der Waals surface area contributed by atoms with E-state index in [0.29, 0.717) is 28.9 Å². The van der Waals surface area contributed by atoms with E-state index in [-0.39, 0.29) is 22.9 Å². The quantitative estimate of drug-likeness (QED) is 0.0546. The molecule has 0 bridgehead atoms. The highest BCUT2D eigenvalue weighted by molar-refractivity contribution is 5.97. The van der Waals surface area contributed by atoms with Gasteiger partial charge in [-0.2, -0.15) is 0 Å². The maximum atomic E-state index is 13.4. The van der Waals surface area contributed by atoms with E-state index in [9.17, 15) is 9.59 Å². The molecule has 1 aliphatic heterocycles. The molecule has 8 rings (SSSR count). The van der Waals surface area contributed by atoms with Crippen LogP contribution in [-0.4, -0.2) is 51.1 Å². The van der Waals surface area contributed by atoms with Gasteiger partial charge in [-0.1, -0.05) is 84.6 Å². The highest BCUT2D eigenvalue weighted by Crippen LogP contribution is 2.67. The Morgan fingerprint density at radius 2 is 1.52 bits per heavy atom. The third-order valence-corrected chi connectivity index (χ3v) is 16.8. The van der Waals surface area contributed by atoms with Crippen molar-refractivity contribution in [2.75, 3.05) is 33.0 Å². The average molecular weight is 847 g/mol. The SMILES string of the molecule is CCC1(COCCCCOc2ccc3cc(C(=O)Oc4ccc(C(=O)OC5CCC6(C)C(=CCC7C6CCC6(C)C(C(C)CCCC(C)C)CCC76)C5)cc4)ccc3c2)COC1. The Hall–Kier alpha value is -3.68. The van der Waals surface area contributed by atoms with E-state index in [4.69, 9.17) is 23.7 Å². The van der Waals surface area contributed by atoms with Gasteiger partial charge in [0.2, 0.25) is 0 Å². The number of ether oxygens (including phenoxy) is 5. The number of esters is 2. The first-order valence-electron chi connectivity index (χ1n) is 24.4. The summed E-state index contributed by atoms with van der Waals surface area (Å²) < 4.78 is 29.2. The van der Waals surface area contributed by atoms with Crippen LogP contribution in [0.2, 0.25) is 0 Å². The number of carbonyl (C=O) groups is 2. The summed E-state index contributed by atoms with van der Waals surface area (Å²) in [6, 6.07) is 18.2. The molecule has 8 unspecified atom stereocenters. The van der Waals surface area contributed by atoms with Gasteiger partial charge in [0.05, 0.1) is 37.6 Å². The van der Waals surface area contributed by atoms with Crippen LogP contribution in [0.3, 0.4) is 0 Å². The predicted molar refractivity (Wildman–Crippen MR) is 247 cm³/mol. The molecule has 4 fully saturated rings. The van der Waals surface area contributed by atoms with Crippen molar-refractivity contribution in [1.29, 1.82) is 0 Å². The van der Waals surface area contributed by atoms with Crippen LogP contribution in [0.1, 0.15) is 152 Å². The third-order valence-electron chi connectivity index (χ3n) is 16.8. The molecule has 4 aliphatic carbocycles. The summed E-state index contributed by atoms with van der Waals surface area (Å²) >= 11 is 0. The van der Waals surface area contributed by atoms with Gasteiger partial charge < -0.3 is 23.7 Å². The zero-order valence-corrected chi connectivity index (χ0v) is 38.7. The third kappa shape index (κ3) is 9.55. The molecule has 3 saturated carbocycles. The van der Waals surface area contributed by atoms with Crippen LogP contribution >= 0.6 is 0 Å². The number of unbranched alkanes of at least 4 members (excludes halogenated alkanes) is 1. The molecule has 0 spiro atoms. The standard InChI is InChI=1S/C55H74O7/c1-7-55(35-59-36-55)34-58-29-8-9-30-60-45-21-17-40-31-42(14-13-41(40)32-45)52(57)61-44-19-15-39(16-20-44)51(56)62-46-25-27-53(5)43(33-46)18-22-47-49-24-23-48(38(4)12-10-11-37(2)3)54(49,6)28-26-50(47)53/h13-21,31-32,37-38,46-50H,7-12,22-30,33-36H2,1-6H3. The molecule has 3 aromatic carbocycles. The first kappa shape index (κ1) is 44.9. The van der Waals surface area contributed by atoms with E-state index in [0.717, 1.165) is 117 Å². The molecule has 3 aromatic rings. The number of hydrogen-bond donors (Lipinski definition) is 0. The number of benzene rings is 3. The molecule has 0 radical (unpaired) electrons. The van der Waals surface area contributed by atoms with Gasteiger partial charge in [-0.3, -0.25) is 0 Å². The van der Waals surface area contributed by atoms with Crippen LogP contribution in [0, 0.1) is 51.8 Å². The number of hydrogen-bond acceptors (Lipinski definition) is 7. The molecule has 7 nitrogen and oxygen atoms in total. The van der Waals surface area contributed by atoms with E-state index in [2.05, 4.69) is 47.6 Å². The van der Waals surface area contributed by atoms with Crippen molar-refractivity contribution in [2.24, 2.45) is 51.8 Å². The van der Waals surface area contributed by atoms with Crippen LogP contribution in [0.25, 0.3) is 10.8 Å². The van der Waals surface area contributed by atoms with E-state index in [1.807, 2.05) is 30.3 Å². The topological polar surface area (TPSA) is 80.3 Å². The fourth-order valence-corrected chi connectivity index (χ4v) is 12.8. The smallest absolute Gasteiger partial charge is 0.343 e. The molecular weight excluding hydrogens is 773 g/mol. The maximum Gasteiger partial charge on any atom is 0.343 e. The van der Waals surface area contributed by atoms with Crippen LogP contribution in [0.5, 0.6) is 11.5 Å². The first-order chi connectivity index (χ1) is 29.9. The highest BCUT2D eigenvalue weighted by Gasteiger charge is 2.59. The largest absolute Gasteiger partial charge is 0.494 e. The summed E-state index contributed by atoms with van der Waals surface area (Å²) in [4.78, 5) is 26.6. The number of fused-ring (bicyclic) bond motifs is 6. The summed E-state index contributed by atoms with van der Waals surface area (Å²) in [5.41, 5.74) is 3.37. The molecule has 336 valence electrons. The lowest BCUT2D eigenvalue weighted by molar-refractivity contribution is -0.150. The number of carbonyl (C=O) groups excluding carboxylic acids is 2. The van der Waals surface area contributed by atoms with Gasteiger partial charge in [0, 0.05) is 18.4 Å². The van der Waals surface area contributed by atoms with E-state index in [1.54, 1.807) is 30.3 Å². The van der Waals surface area contributed by atoms with Gasteiger partial charge in [0.15, 0.2) is 0 Å². The lowest BCUT2D eigenvalue weighted by Gasteiger charge is -2.58. The normalized spacial score (nSPS) is 29.1. The molecule has 1 heterocycles. The van der Waals surface area contributed by atoms with Crippen molar-refractivity contribution in [1.82, 2.24) is 0 Å². The molecule has 0 N–H and O–H groups in total. The zero-order valence-electron chi connectivity index (χ0n) is 38.7. The minimum absolute atomic E-state index is 0.112. The summed E-state index contributed by atoms with van der Waals surface area (Å²) in [5.74, 6) is 5.29. The van der Waals surface area contributed by atoms with Gasteiger partial charge in [0.25, 0.3) is 0 Å². The Balaban J connectivity index is 0.789. The van der Waals surface area contributed by atoms with Crippen molar-refractivity contribution in [3.05, 3.63) is 83.4 Å².